The van der Waals surface area contributed by atoms with Gasteiger partial charge < -0.3 is 10.6 Å². The van der Waals surface area contributed by atoms with E-state index in [9.17, 15) is 4.79 Å². The Morgan fingerprint density at radius 3 is 2.42 bits per heavy atom. The molecule has 0 heterocycles. The Morgan fingerprint density at radius 2 is 1.95 bits per heavy atom. The second-order valence-corrected chi connectivity index (χ2v) is 5.75. The van der Waals surface area contributed by atoms with Crippen LogP contribution in [0.4, 0.5) is 5.69 Å². The minimum absolute atomic E-state index is 0.0919. The highest BCUT2D eigenvalue weighted by Crippen LogP contribution is 2.23. The van der Waals surface area contributed by atoms with E-state index in [0.29, 0.717) is 12.5 Å². The van der Waals surface area contributed by atoms with E-state index >= 15 is 0 Å². The molecule has 1 atom stereocenters. The van der Waals surface area contributed by atoms with Crippen LogP contribution in [-0.4, -0.2) is 19.5 Å². The molecule has 1 amide bonds. The van der Waals surface area contributed by atoms with Gasteiger partial charge in [-0.15, -0.1) is 0 Å². The van der Waals surface area contributed by atoms with Gasteiger partial charge in [0, 0.05) is 19.3 Å². The van der Waals surface area contributed by atoms with Gasteiger partial charge in [-0.05, 0) is 37.8 Å². The van der Waals surface area contributed by atoms with E-state index in [1.807, 2.05) is 26.1 Å². The van der Waals surface area contributed by atoms with Gasteiger partial charge >= 0.3 is 0 Å². The second kappa shape index (κ2) is 6.71. The van der Waals surface area contributed by atoms with Gasteiger partial charge in [0.05, 0.1) is 5.92 Å². The highest BCUT2D eigenvalue weighted by atomic mass is 16.2. The Hall–Kier alpha value is -1.35. The average Bonchev–Trinajstić information content (AvgIpc) is 2.34. The van der Waals surface area contributed by atoms with Crippen molar-refractivity contribution in [3.05, 3.63) is 29.3 Å². The molecular formula is C16H26N2O. The van der Waals surface area contributed by atoms with E-state index in [2.05, 4.69) is 26.8 Å². The summed E-state index contributed by atoms with van der Waals surface area (Å²) in [6, 6.07) is 6.14. The van der Waals surface area contributed by atoms with Gasteiger partial charge in [-0.2, -0.15) is 0 Å². The number of hydrogen-bond donors (Lipinski definition) is 1. The van der Waals surface area contributed by atoms with E-state index < -0.39 is 0 Å². The summed E-state index contributed by atoms with van der Waals surface area (Å²) in [5, 5.41) is 0. The summed E-state index contributed by atoms with van der Waals surface area (Å²) in [6.45, 7) is 8.73. The Balaban J connectivity index is 2.91. The molecule has 0 bridgehead atoms. The number of benzene rings is 1. The van der Waals surface area contributed by atoms with Crippen LogP contribution in [0.3, 0.4) is 0 Å². The third-order valence-corrected chi connectivity index (χ3v) is 3.43. The monoisotopic (exact) mass is 262 g/mol. The fourth-order valence-electron chi connectivity index (χ4n) is 2.44. The highest BCUT2D eigenvalue weighted by Gasteiger charge is 2.23. The molecule has 3 nitrogen and oxygen atoms in total. The summed E-state index contributed by atoms with van der Waals surface area (Å²) < 4.78 is 0. The second-order valence-electron chi connectivity index (χ2n) is 5.75. The van der Waals surface area contributed by atoms with E-state index in [4.69, 9.17) is 5.73 Å². The number of carbonyl (C=O) groups excluding carboxylic acids is 1. The lowest BCUT2D eigenvalue weighted by molar-refractivity contribution is -0.122. The molecule has 0 aliphatic carbocycles. The third kappa shape index (κ3) is 4.06. The lowest BCUT2D eigenvalue weighted by Gasteiger charge is -2.25. The summed E-state index contributed by atoms with van der Waals surface area (Å²) in [5.41, 5.74) is 9.05. The van der Waals surface area contributed by atoms with Crippen molar-refractivity contribution >= 4 is 11.6 Å². The molecule has 3 heteroatoms. The first kappa shape index (κ1) is 15.7. The lowest BCUT2D eigenvalue weighted by Crippen LogP contribution is -2.37. The number of carbonyl (C=O) groups is 1. The van der Waals surface area contributed by atoms with Crippen LogP contribution < -0.4 is 10.6 Å². The summed E-state index contributed by atoms with van der Waals surface area (Å²) in [5.74, 6) is 0.499. The van der Waals surface area contributed by atoms with Crippen molar-refractivity contribution in [2.45, 2.75) is 34.1 Å². The number of nitrogens with two attached hydrogens (primary N) is 1. The zero-order chi connectivity index (χ0) is 14.6. The quantitative estimate of drug-likeness (QED) is 0.887. The molecule has 1 unspecified atom stereocenters. The molecule has 0 fully saturated rings. The van der Waals surface area contributed by atoms with E-state index in [-0.39, 0.29) is 11.8 Å². The third-order valence-electron chi connectivity index (χ3n) is 3.43. The van der Waals surface area contributed by atoms with Crippen LogP contribution >= 0.6 is 0 Å². The van der Waals surface area contributed by atoms with Crippen molar-refractivity contribution in [1.82, 2.24) is 0 Å². The van der Waals surface area contributed by atoms with Gasteiger partial charge in [0.2, 0.25) is 5.91 Å². The maximum absolute atomic E-state index is 12.5. The number of aryl methyl sites for hydroxylation is 2. The Morgan fingerprint density at radius 1 is 1.32 bits per heavy atom. The molecule has 0 saturated heterocycles. The standard InChI is InChI=1S/C16H26N2O/c1-11(2)8-14(10-17)16(19)18(5)15-7-6-12(3)9-13(15)4/h6-7,9,11,14H,8,10,17H2,1-5H3. The van der Waals surface area contributed by atoms with Crippen molar-refractivity contribution in [3.63, 3.8) is 0 Å². The van der Waals surface area contributed by atoms with Crippen molar-refractivity contribution in [3.8, 4) is 0 Å². The van der Waals surface area contributed by atoms with Crippen LogP contribution in [0.15, 0.2) is 18.2 Å². The summed E-state index contributed by atoms with van der Waals surface area (Å²) >= 11 is 0. The molecule has 0 spiro atoms. The molecule has 0 aliphatic heterocycles. The molecule has 0 saturated carbocycles. The lowest BCUT2D eigenvalue weighted by atomic mass is 9.95. The normalized spacial score (nSPS) is 12.6. The SMILES string of the molecule is Cc1ccc(N(C)C(=O)C(CN)CC(C)C)c(C)c1. The van der Waals surface area contributed by atoms with Gasteiger partial charge in [0.15, 0.2) is 0 Å². The predicted octanol–water partition coefficient (Wildman–Crippen LogP) is 2.89. The first-order valence-electron chi connectivity index (χ1n) is 6.91. The van der Waals surface area contributed by atoms with E-state index in [1.165, 1.54) is 5.56 Å². The number of anilines is 1. The molecule has 2 N–H and O–H groups in total. The van der Waals surface area contributed by atoms with Crippen LogP contribution in [0, 0.1) is 25.7 Å². The van der Waals surface area contributed by atoms with Crippen molar-refractivity contribution in [2.24, 2.45) is 17.6 Å². The fraction of sp³-hybridized carbons (Fsp3) is 0.562. The van der Waals surface area contributed by atoms with Crippen LogP contribution in [0.25, 0.3) is 0 Å². The first-order chi connectivity index (χ1) is 8.86. The van der Waals surface area contributed by atoms with Gasteiger partial charge in [-0.25, -0.2) is 0 Å². The summed E-state index contributed by atoms with van der Waals surface area (Å²) in [4.78, 5) is 14.2. The highest BCUT2D eigenvalue weighted by molar-refractivity contribution is 5.95. The molecule has 19 heavy (non-hydrogen) atoms. The molecular weight excluding hydrogens is 236 g/mol. The van der Waals surface area contributed by atoms with Crippen LogP contribution in [0.5, 0.6) is 0 Å². The molecule has 106 valence electrons. The summed E-state index contributed by atoms with van der Waals surface area (Å²) in [7, 11) is 1.84. The zero-order valence-corrected chi connectivity index (χ0v) is 12.7. The minimum atomic E-state index is -0.0919. The average molecular weight is 262 g/mol. The largest absolute Gasteiger partial charge is 0.330 e. The summed E-state index contributed by atoms with van der Waals surface area (Å²) in [6.07, 6.45) is 0.838. The maximum atomic E-state index is 12.5. The minimum Gasteiger partial charge on any atom is -0.330 e. The van der Waals surface area contributed by atoms with Crippen molar-refractivity contribution in [2.75, 3.05) is 18.5 Å². The fourth-order valence-corrected chi connectivity index (χ4v) is 2.44. The van der Waals surface area contributed by atoms with Crippen LogP contribution in [-0.2, 0) is 4.79 Å². The Bertz CT molecular complexity index is 440. The van der Waals surface area contributed by atoms with Gasteiger partial charge in [0.1, 0.15) is 0 Å². The van der Waals surface area contributed by atoms with Gasteiger partial charge in [-0.1, -0.05) is 31.5 Å². The first-order valence-corrected chi connectivity index (χ1v) is 6.91. The molecule has 1 aromatic rings. The molecule has 0 aromatic heterocycles. The van der Waals surface area contributed by atoms with Crippen LogP contribution in [0.1, 0.15) is 31.4 Å². The van der Waals surface area contributed by atoms with E-state index in [0.717, 1.165) is 17.7 Å². The molecule has 0 radical (unpaired) electrons. The van der Waals surface area contributed by atoms with E-state index in [1.54, 1.807) is 4.90 Å². The Kier molecular flexibility index (Phi) is 5.55. The molecule has 1 aromatic carbocycles. The van der Waals surface area contributed by atoms with Crippen LogP contribution in [0.2, 0.25) is 0 Å². The Labute approximate surface area is 116 Å². The smallest absolute Gasteiger partial charge is 0.231 e. The topological polar surface area (TPSA) is 46.3 Å². The molecule has 0 aliphatic rings. The molecule has 1 rings (SSSR count). The predicted molar refractivity (Wildman–Crippen MR) is 81.3 cm³/mol. The number of hydrogen-bond acceptors (Lipinski definition) is 2. The van der Waals surface area contributed by atoms with Gasteiger partial charge in [-0.3, -0.25) is 4.79 Å². The number of amides is 1. The number of rotatable bonds is 5. The maximum Gasteiger partial charge on any atom is 0.231 e. The van der Waals surface area contributed by atoms with Crippen molar-refractivity contribution < 1.29 is 4.79 Å². The van der Waals surface area contributed by atoms with Gasteiger partial charge in [0.25, 0.3) is 0 Å². The number of nitrogens with zero attached hydrogens (tertiary/aromatic N) is 1. The van der Waals surface area contributed by atoms with Crippen molar-refractivity contribution in [1.29, 1.82) is 0 Å². The zero-order valence-electron chi connectivity index (χ0n) is 12.7.